The fraction of sp³-hybridized carbons (Fsp3) is 0.857. The molecule has 100 valence electrons. The molecule has 0 saturated heterocycles. The minimum absolute atomic E-state index is 0.152. The molecule has 18 heavy (non-hydrogen) atoms. The molecule has 0 aromatic carbocycles. The number of carbonyl (C=O) groups excluding carboxylic acids is 2. The lowest BCUT2D eigenvalue weighted by Gasteiger charge is -2.25. The first kappa shape index (κ1) is 12.0. The molecule has 4 nitrogen and oxygen atoms in total. The molecule has 3 rings (SSSR count). The lowest BCUT2D eigenvalue weighted by Crippen LogP contribution is -2.45. The van der Waals surface area contributed by atoms with E-state index in [4.69, 9.17) is 5.73 Å². The summed E-state index contributed by atoms with van der Waals surface area (Å²) in [5, 5.41) is 2.98. The second kappa shape index (κ2) is 4.25. The number of hydrogen-bond donors (Lipinski definition) is 2. The third-order valence-corrected chi connectivity index (χ3v) is 5.09. The minimum Gasteiger partial charge on any atom is -0.369 e. The van der Waals surface area contributed by atoms with Crippen LogP contribution in [0.3, 0.4) is 0 Å². The standard InChI is InChI=1S/C14H22N2O2/c15-13(18)14(5-1-2-6-14)8-16-12(17)11-7-10(11)9-3-4-9/h9-11H,1-8H2,(H2,15,18)(H,16,17)/t10-,11+/m0/s1. The largest absolute Gasteiger partial charge is 0.369 e. The second-order valence-electron chi connectivity index (χ2n) is 6.41. The number of nitrogens with one attached hydrogen (secondary N) is 1. The molecule has 0 unspecified atom stereocenters. The summed E-state index contributed by atoms with van der Waals surface area (Å²) in [5.74, 6) is 1.59. The van der Waals surface area contributed by atoms with Gasteiger partial charge in [0.05, 0.1) is 5.41 Å². The first-order valence-corrected chi connectivity index (χ1v) is 7.20. The van der Waals surface area contributed by atoms with Crippen LogP contribution in [0.4, 0.5) is 0 Å². The molecule has 3 fully saturated rings. The second-order valence-corrected chi connectivity index (χ2v) is 6.41. The average molecular weight is 250 g/mol. The van der Waals surface area contributed by atoms with Gasteiger partial charge in [0.1, 0.15) is 0 Å². The van der Waals surface area contributed by atoms with E-state index in [0.717, 1.165) is 38.0 Å². The van der Waals surface area contributed by atoms with Gasteiger partial charge in [-0.1, -0.05) is 12.8 Å². The molecule has 0 spiro atoms. The summed E-state index contributed by atoms with van der Waals surface area (Å²) in [6.45, 7) is 0.453. The highest BCUT2D eigenvalue weighted by Gasteiger charge is 2.51. The van der Waals surface area contributed by atoms with Crippen LogP contribution >= 0.6 is 0 Å². The van der Waals surface area contributed by atoms with Gasteiger partial charge in [0.2, 0.25) is 11.8 Å². The molecule has 0 radical (unpaired) electrons. The summed E-state index contributed by atoms with van der Waals surface area (Å²) >= 11 is 0. The molecule has 3 N–H and O–H groups in total. The molecule has 3 aliphatic carbocycles. The lowest BCUT2D eigenvalue weighted by atomic mass is 9.85. The van der Waals surface area contributed by atoms with Crippen molar-refractivity contribution in [3.8, 4) is 0 Å². The quantitative estimate of drug-likeness (QED) is 0.769. The van der Waals surface area contributed by atoms with Gasteiger partial charge in [0.25, 0.3) is 0 Å². The van der Waals surface area contributed by atoms with Gasteiger partial charge in [-0.25, -0.2) is 0 Å². The third kappa shape index (κ3) is 2.13. The maximum absolute atomic E-state index is 12.0. The highest BCUT2D eigenvalue weighted by atomic mass is 16.2. The molecule has 0 aromatic heterocycles. The summed E-state index contributed by atoms with van der Waals surface area (Å²) in [7, 11) is 0. The van der Waals surface area contributed by atoms with E-state index >= 15 is 0 Å². The van der Waals surface area contributed by atoms with Crippen LogP contribution < -0.4 is 11.1 Å². The van der Waals surface area contributed by atoms with Crippen molar-refractivity contribution in [2.75, 3.05) is 6.54 Å². The van der Waals surface area contributed by atoms with Crippen molar-refractivity contribution in [3.05, 3.63) is 0 Å². The van der Waals surface area contributed by atoms with E-state index in [1.54, 1.807) is 0 Å². The Balaban J connectivity index is 1.50. The Bertz CT molecular complexity index is 370. The molecule has 2 atom stereocenters. The molecule has 0 heterocycles. The Kier molecular flexibility index (Phi) is 2.83. The fourth-order valence-electron chi connectivity index (χ4n) is 3.51. The van der Waals surface area contributed by atoms with Crippen LogP contribution in [0.2, 0.25) is 0 Å². The number of hydrogen-bond acceptors (Lipinski definition) is 2. The van der Waals surface area contributed by atoms with Crippen LogP contribution in [0, 0.1) is 23.2 Å². The topological polar surface area (TPSA) is 72.2 Å². The molecular weight excluding hydrogens is 228 g/mol. The summed E-state index contributed by atoms with van der Waals surface area (Å²) in [6, 6.07) is 0. The zero-order valence-corrected chi connectivity index (χ0v) is 10.8. The SMILES string of the molecule is NC(=O)C1(CNC(=O)[C@@H]2C[C@H]2C2CC2)CCCC1. The Morgan fingerprint density at radius 2 is 1.89 bits per heavy atom. The van der Waals surface area contributed by atoms with Gasteiger partial charge in [-0.2, -0.15) is 0 Å². The van der Waals surface area contributed by atoms with Crippen molar-refractivity contribution in [2.45, 2.75) is 44.9 Å². The first-order valence-electron chi connectivity index (χ1n) is 7.20. The smallest absolute Gasteiger partial charge is 0.225 e. The van der Waals surface area contributed by atoms with Crippen molar-refractivity contribution >= 4 is 11.8 Å². The maximum Gasteiger partial charge on any atom is 0.225 e. The predicted molar refractivity (Wildman–Crippen MR) is 67.4 cm³/mol. The minimum atomic E-state index is -0.459. The van der Waals surface area contributed by atoms with E-state index in [9.17, 15) is 9.59 Å². The van der Waals surface area contributed by atoms with E-state index < -0.39 is 5.41 Å². The number of amides is 2. The first-order chi connectivity index (χ1) is 8.62. The fourth-order valence-corrected chi connectivity index (χ4v) is 3.51. The molecule has 4 heteroatoms. The molecular formula is C14H22N2O2. The summed E-state index contributed by atoms with van der Waals surface area (Å²) in [6.07, 6.45) is 7.43. The average Bonchev–Trinajstić information content (AvgIpc) is 3.22. The van der Waals surface area contributed by atoms with Gasteiger partial charge in [-0.3, -0.25) is 9.59 Å². The molecule has 0 aromatic rings. The monoisotopic (exact) mass is 250 g/mol. The summed E-state index contributed by atoms with van der Waals surface area (Å²) in [5.41, 5.74) is 5.05. The molecule has 0 aliphatic heterocycles. The van der Waals surface area contributed by atoms with Crippen LogP contribution in [-0.2, 0) is 9.59 Å². The Morgan fingerprint density at radius 1 is 1.22 bits per heavy atom. The van der Waals surface area contributed by atoms with E-state index in [1.165, 1.54) is 12.8 Å². The highest BCUT2D eigenvalue weighted by molar-refractivity contribution is 5.84. The van der Waals surface area contributed by atoms with Gasteiger partial charge >= 0.3 is 0 Å². The Labute approximate surface area is 108 Å². The summed E-state index contributed by atoms with van der Waals surface area (Å²) in [4.78, 5) is 23.6. The Morgan fingerprint density at radius 3 is 2.44 bits per heavy atom. The van der Waals surface area contributed by atoms with Crippen LogP contribution in [0.5, 0.6) is 0 Å². The Hall–Kier alpha value is -1.06. The number of carbonyl (C=O) groups is 2. The van der Waals surface area contributed by atoms with Gasteiger partial charge in [0.15, 0.2) is 0 Å². The number of primary amides is 1. The molecule has 0 bridgehead atoms. The van der Waals surface area contributed by atoms with E-state index in [1.807, 2.05) is 0 Å². The van der Waals surface area contributed by atoms with Crippen molar-refractivity contribution in [1.29, 1.82) is 0 Å². The van der Waals surface area contributed by atoms with E-state index in [0.29, 0.717) is 12.5 Å². The molecule has 3 saturated carbocycles. The number of nitrogens with two attached hydrogens (primary N) is 1. The normalized spacial score (nSPS) is 33.1. The zero-order valence-electron chi connectivity index (χ0n) is 10.8. The third-order valence-electron chi connectivity index (χ3n) is 5.09. The highest BCUT2D eigenvalue weighted by Crippen LogP contribution is 2.54. The van der Waals surface area contributed by atoms with Crippen molar-refractivity contribution in [2.24, 2.45) is 28.9 Å². The maximum atomic E-state index is 12.0. The predicted octanol–water partition coefficient (Wildman–Crippen LogP) is 1.19. The zero-order chi connectivity index (χ0) is 12.8. The van der Waals surface area contributed by atoms with Gasteiger partial charge < -0.3 is 11.1 Å². The van der Waals surface area contributed by atoms with Crippen LogP contribution in [-0.4, -0.2) is 18.4 Å². The van der Waals surface area contributed by atoms with Crippen molar-refractivity contribution in [1.82, 2.24) is 5.32 Å². The summed E-state index contributed by atoms with van der Waals surface area (Å²) < 4.78 is 0. The van der Waals surface area contributed by atoms with Crippen molar-refractivity contribution in [3.63, 3.8) is 0 Å². The van der Waals surface area contributed by atoms with Crippen LogP contribution in [0.25, 0.3) is 0 Å². The number of rotatable bonds is 5. The lowest BCUT2D eigenvalue weighted by molar-refractivity contribution is -0.128. The van der Waals surface area contributed by atoms with E-state index in [-0.39, 0.29) is 17.7 Å². The van der Waals surface area contributed by atoms with Gasteiger partial charge in [-0.15, -0.1) is 0 Å². The van der Waals surface area contributed by atoms with Gasteiger partial charge in [-0.05, 0) is 43.9 Å². The van der Waals surface area contributed by atoms with Crippen molar-refractivity contribution < 1.29 is 9.59 Å². The molecule has 2 amide bonds. The van der Waals surface area contributed by atoms with Gasteiger partial charge in [0, 0.05) is 12.5 Å². The van der Waals surface area contributed by atoms with Crippen LogP contribution in [0.1, 0.15) is 44.9 Å². The van der Waals surface area contributed by atoms with Crippen LogP contribution in [0.15, 0.2) is 0 Å². The van der Waals surface area contributed by atoms with E-state index in [2.05, 4.69) is 5.32 Å². The molecule has 3 aliphatic rings.